The number of hydrogen-bond acceptors (Lipinski definition) is 3. The molecule has 2 N–H and O–H groups in total. The van der Waals surface area contributed by atoms with Gasteiger partial charge in [0.2, 0.25) is 0 Å². The van der Waals surface area contributed by atoms with Gasteiger partial charge in [0, 0.05) is 19.3 Å². The van der Waals surface area contributed by atoms with Crippen molar-refractivity contribution in [3.8, 4) is 0 Å². The largest absolute Gasteiger partial charge is 0.376 e. The molecule has 98 valence electrons. The van der Waals surface area contributed by atoms with Gasteiger partial charge in [0.1, 0.15) is 5.82 Å². The van der Waals surface area contributed by atoms with Crippen molar-refractivity contribution in [3.05, 3.63) is 22.8 Å². The molecule has 0 bridgehead atoms. The average molecular weight is 286 g/mol. The Labute approximate surface area is 117 Å². The molecule has 18 heavy (non-hydrogen) atoms. The SMILES string of the molecule is Cc1cc(Cl)cnc1NC(=S)NC[C@@H]1CCCO1. The van der Waals surface area contributed by atoms with E-state index in [0.29, 0.717) is 10.1 Å². The Morgan fingerprint density at radius 3 is 3.17 bits per heavy atom. The summed E-state index contributed by atoms with van der Waals surface area (Å²) < 4.78 is 5.51. The molecular weight excluding hydrogens is 270 g/mol. The Balaban J connectivity index is 1.82. The van der Waals surface area contributed by atoms with Crippen LogP contribution in [0.5, 0.6) is 0 Å². The van der Waals surface area contributed by atoms with Crippen molar-refractivity contribution >= 4 is 34.7 Å². The van der Waals surface area contributed by atoms with Gasteiger partial charge < -0.3 is 15.4 Å². The molecule has 1 saturated heterocycles. The third-order valence-corrected chi connectivity index (χ3v) is 3.24. The lowest BCUT2D eigenvalue weighted by Crippen LogP contribution is -2.35. The van der Waals surface area contributed by atoms with Gasteiger partial charge in [0.25, 0.3) is 0 Å². The Bertz CT molecular complexity index is 435. The third-order valence-electron chi connectivity index (χ3n) is 2.79. The molecule has 6 heteroatoms. The standard InChI is InChI=1S/C12H16ClN3OS/c1-8-5-9(13)6-14-11(8)16-12(18)15-7-10-3-2-4-17-10/h5-6,10H,2-4,7H2,1H3,(H2,14,15,16,18)/t10-/m0/s1. The van der Waals surface area contributed by atoms with Crippen molar-refractivity contribution in [2.75, 3.05) is 18.5 Å². The lowest BCUT2D eigenvalue weighted by atomic mass is 10.2. The Morgan fingerprint density at radius 2 is 2.50 bits per heavy atom. The number of nitrogens with zero attached hydrogens (tertiary/aromatic N) is 1. The highest BCUT2D eigenvalue weighted by Gasteiger charge is 2.15. The van der Waals surface area contributed by atoms with E-state index in [9.17, 15) is 0 Å². The summed E-state index contributed by atoms with van der Waals surface area (Å²) in [5, 5.41) is 7.37. The molecule has 1 aromatic rings. The number of hydrogen-bond donors (Lipinski definition) is 2. The molecule has 0 aromatic carbocycles. The summed E-state index contributed by atoms with van der Waals surface area (Å²) in [4.78, 5) is 4.20. The van der Waals surface area contributed by atoms with Gasteiger partial charge in [-0.3, -0.25) is 0 Å². The number of aryl methyl sites for hydroxylation is 1. The highest BCUT2D eigenvalue weighted by atomic mass is 35.5. The van der Waals surface area contributed by atoms with E-state index in [2.05, 4.69) is 15.6 Å². The predicted octanol–water partition coefficient (Wildman–Crippen LogP) is 2.51. The Morgan fingerprint density at radius 1 is 1.67 bits per heavy atom. The van der Waals surface area contributed by atoms with Crippen LogP contribution in [0.4, 0.5) is 5.82 Å². The molecule has 0 unspecified atom stereocenters. The van der Waals surface area contributed by atoms with Crippen LogP contribution in [0.1, 0.15) is 18.4 Å². The molecule has 2 rings (SSSR count). The third kappa shape index (κ3) is 3.80. The minimum atomic E-state index is 0.268. The summed E-state index contributed by atoms with van der Waals surface area (Å²) in [6.45, 7) is 3.52. The van der Waals surface area contributed by atoms with Crippen molar-refractivity contribution in [2.24, 2.45) is 0 Å². The molecule has 0 saturated carbocycles. The maximum atomic E-state index is 5.85. The fourth-order valence-electron chi connectivity index (χ4n) is 1.83. The van der Waals surface area contributed by atoms with Crippen LogP contribution >= 0.6 is 23.8 Å². The van der Waals surface area contributed by atoms with Crippen LogP contribution in [0.15, 0.2) is 12.3 Å². The molecule has 0 radical (unpaired) electrons. The Kier molecular flexibility index (Phi) is 4.74. The summed E-state index contributed by atoms with van der Waals surface area (Å²) in [7, 11) is 0. The van der Waals surface area contributed by atoms with Crippen LogP contribution in [-0.4, -0.2) is 29.4 Å². The van der Waals surface area contributed by atoms with E-state index in [1.54, 1.807) is 6.20 Å². The van der Waals surface area contributed by atoms with Gasteiger partial charge in [-0.1, -0.05) is 11.6 Å². The number of thiocarbonyl (C=S) groups is 1. The zero-order valence-corrected chi connectivity index (χ0v) is 11.8. The zero-order chi connectivity index (χ0) is 13.0. The highest BCUT2D eigenvalue weighted by Crippen LogP contribution is 2.16. The second kappa shape index (κ2) is 6.31. The van der Waals surface area contributed by atoms with Crippen molar-refractivity contribution in [1.82, 2.24) is 10.3 Å². The van der Waals surface area contributed by atoms with Gasteiger partial charge in [0.15, 0.2) is 5.11 Å². The quantitative estimate of drug-likeness (QED) is 0.836. The van der Waals surface area contributed by atoms with E-state index in [0.717, 1.165) is 37.4 Å². The lowest BCUT2D eigenvalue weighted by Gasteiger charge is -2.14. The molecule has 1 fully saturated rings. The number of halogens is 1. The number of aromatic nitrogens is 1. The predicted molar refractivity (Wildman–Crippen MR) is 77.2 cm³/mol. The first-order chi connectivity index (χ1) is 8.65. The topological polar surface area (TPSA) is 46.2 Å². The van der Waals surface area contributed by atoms with E-state index in [4.69, 9.17) is 28.6 Å². The van der Waals surface area contributed by atoms with Gasteiger partial charge in [-0.15, -0.1) is 0 Å². The van der Waals surface area contributed by atoms with Crippen molar-refractivity contribution in [2.45, 2.75) is 25.9 Å². The molecule has 0 aliphatic carbocycles. The van der Waals surface area contributed by atoms with Crippen LogP contribution in [-0.2, 0) is 4.74 Å². The highest BCUT2D eigenvalue weighted by molar-refractivity contribution is 7.80. The van der Waals surface area contributed by atoms with E-state index < -0.39 is 0 Å². The maximum absolute atomic E-state index is 5.85. The lowest BCUT2D eigenvalue weighted by molar-refractivity contribution is 0.114. The molecule has 2 heterocycles. The van der Waals surface area contributed by atoms with Crippen molar-refractivity contribution < 1.29 is 4.74 Å². The second-order valence-electron chi connectivity index (χ2n) is 4.29. The molecule has 4 nitrogen and oxygen atoms in total. The van der Waals surface area contributed by atoms with Crippen molar-refractivity contribution in [1.29, 1.82) is 0 Å². The van der Waals surface area contributed by atoms with Crippen LogP contribution in [0.2, 0.25) is 5.02 Å². The second-order valence-corrected chi connectivity index (χ2v) is 5.13. The van der Waals surface area contributed by atoms with Crippen LogP contribution in [0, 0.1) is 6.92 Å². The normalized spacial score (nSPS) is 18.7. The van der Waals surface area contributed by atoms with E-state index >= 15 is 0 Å². The fourth-order valence-corrected chi connectivity index (χ4v) is 2.23. The molecular formula is C12H16ClN3OS. The van der Waals surface area contributed by atoms with Crippen LogP contribution in [0.3, 0.4) is 0 Å². The van der Waals surface area contributed by atoms with E-state index in [1.807, 2.05) is 13.0 Å². The van der Waals surface area contributed by atoms with E-state index in [-0.39, 0.29) is 6.10 Å². The molecule has 0 spiro atoms. The van der Waals surface area contributed by atoms with Gasteiger partial charge in [-0.05, 0) is 43.6 Å². The zero-order valence-electron chi connectivity index (χ0n) is 10.2. The van der Waals surface area contributed by atoms with Gasteiger partial charge in [-0.25, -0.2) is 4.98 Å². The summed E-state index contributed by atoms with van der Waals surface area (Å²) in [6.07, 6.45) is 4.08. The molecule has 0 amide bonds. The number of anilines is 1. The number of pyridine rings is 1. The first kappa shape index (κ1) is 13.5. The maximum Gasteiger partial charge on any atom is 0.172 e. The minimum Gasteiger partial charge on any atom is -0.376 e. The van der Waals surface area contributed by atoms with Gasteiger partial charge in [-0.2, -0.15) is 0 Å². The number of nitrogens with one attached hydrogen (secondary N) is 2. The Hall–Kier alpha value is -0.910. The molecule has 1 atom stereocenters. The monoisotopic (exact) mass is 285 g/mol. The van der Waals surface area contributed by atoms with E-state index in [1.165, 1.54) is 0 Å². The summed E-state index contributed by atoms with van der Waals surface area (Å²) in [5.74, 6) is 0.726. The van der Waals surface area contributed by atoms with Gasteiger partial charge in [0.05, 0.1) is 11.1 Å². The smallest absolute Gasteiger partial charge is 0.172 e. The van der Waals surface area contributed by atoms with Crippen LogP contribution < -0.4 is 10.6 Å². The summed E-state index contributed by atoms with van der Waals surface area (Å²) in [5.41, 5.74) is 0.962. The fraction of sp³-hybridized carbons (Fsp3) is 0.500. The number of ether oxygens (including phenoxy) is 1. The first-order valence-corrected chi connectivity index (χ1v) is 6.72. The summed E-state index contributed by atoms with van der Waals surface area (Å²) in [6, 6.07) is 1.85. The molecule has 1 aromatic heterocycles. The first-order valence-electron chi connectivity index (χ1n) is 5.94. The van der Waals surface area contributed by atoms with Gasteiger partial charge >= 0.3 is 0 Å². The van der Waals surface area contributed by atoms with Crippen molar-refractivity contribution in [3.63, 3.8) is 0 Å². The molecule has 1 aliphatic heterocycles. The van der Waals surface area contributed by atoms with Crippen LogP contribution in [0.25, 0.3) is 0 Å². The number of rotatable bonds is 3. The average Bonchev–Trinajstić information content (AvgIpc) is 2.83. The minimum absolute atomic E-state index is 0.268. The molecule has 1 aliphatic rings. The summed E-state index contributed by atoms with van der Waals surface area (Å²) >= 11 is 11.1.